The molecule has 0 radical (unpaired) electrons. The maximum absolute atomic E-state index is 4.44. The number of aromatic nitrogens is 1. The molecule has 0 N–H and O–H groups in total. The van der Waals surface area contributed by atoms with Crippen LogP contribution in [0.25, 0.3) is 10.9 Å². The second-order valence-electron chi connectivity index (χ2n) is 4.89. The van der Waals surface area contributed by atoms with Gasteiger partial charge in [-0.05, 0) is 39.0 Å². The molecule has 0 saturated heterocycles. The Kier molecular flexibility index (Phi) is 3.10. The quantitative estimate of drug-likeness (QED) is 0.652. The first kappa shape index (κ1) is 12.1. The number of fused-ring (bicyclic) bond motifs is 1. The van der Waals surface area contributed by atoms with Crippen LogP contribution in [0.1, 0.15) is 26.3 Å². The normalized spacial score (nSPS) is 12.1. The zero-order valence-electron chi connectivity index (χ0n) is 9.51. The van der Waals surface area contributed by atoms with Gasteiger partial charge in [-0.1, -0.05) is 42.8 Å². The number of hydrogen-bond donors (Lipinski definition) is 0. The Hall–Kier alpha value is -0.410. The predicted molar refractivity (Wildman–Crippen MR) is 75.8 cm³/mol. The van der Waals surface area contributed by atoms with Crippen molar-refractivity contribution >= 4 is 42.8 Å². The molecule has 1 nitrogen and oxygen atoms in total. The summed E-state index contributed by atoms with van der Waals surface area (Å²) in [6.45, 7) is 6.65. The van der Waals surface area contributed by atoms with Gasteiger partial charge in [-0.15, -0.1) is 0 Å². The summed E-state index contributed by atoms with van der Waals surface area (Å²) in [5.74, 6) is 0. The molecule has 0 saturated carbocycles. The minimum atomic E-state index is 0.105. The monoisotopic (exact) mass is 341 g/mol. The largest absolute Gasteiger partial charge is 0.255 e. The molecule has 84 valence electrons. The van der Waals surface area contributed by atoms with E-state index in [2.05, 4.69) is 75.8 Å². The highest BCUT2D eigenvalue weighted by atomic mass is 79.9. The van der Waals surface area contributed by atoms with Gasteiger partial charge in [0.15, 0.2) is 0 Å². The number of halogens is 2. The summed E-state index contributed by atoms with van der Waals surface area (Å²) in [6.07, 6.45) is 1.88. The van der Waals surface area contributed by atoms with Crippen LogP contribution in [0.5, 0.6) is 0 Å². The maximum Gasteiger partial charge on any atom is 0.0717 e. The Labute approximate surface area is 113 Å². The van der Waals surface area contributed by atoms with Crippen LogP contribution in [0, 0.1) is 0 Å². The van der Waals surface area contributed by atoms with Crippen molar-refractivity contribution in [2.24, 2.45) is 0 Å². The summed E-state index contributed by atoms with van der Waals surface area (Å²) in [6, 6.07) is 6.24. The van der Waals surface area contributed by atoms with E-state index >= 15 is 0 Å². The lowest BCUT2D eigenvalue weighted by Crippen LogP contribution is -2.13. The van der Waals surface area contributed by atoms with Crippen molar-refractivity contribution in [2.75, 3.05) is 0 Å². The lowest BCUT2D eigenvalue weighted by Gasteiger charge is -2.22. The number of nitrogens with zero attached hydrogens (tertiary/aromatic N) is 1. The summed E-state index contributed by atoms with van der Waals surface area (Å²) >= 11 is 7.07. The van der Waals surface area contributed by atoms with Gasteiger partial charge in [0.2, 0.25) is 0 Å². The van der Waals surface area contributed by atoms with Crippen molar-refractivity contribution in [1.29, 1.82) is 0 Å². The summed E-state index contributed by atoms with van der Waals surface area (Å²) in [5, 5.41) is 1.21. The van der Waals surface area contributed by atoms with E-state index < -0.39 is 0 Å². The van der Waals surface area contributed by atoms with Gasteiger partial charge in [0.25, 0.3) is 0 Å². The zero-order chi connectivity index (χ0) is 11.9. The maximum atomic E-state index is 4.44. The highest BCUT2D eigenvalue weighted by Crippen LogP contribution is 2.35. The molecular weight excluding hydrogens is 330 g/mol. The van der Waals surface area contributed by atoms with E-state index in [0.29, 0.717) is 0 Å². The fraction of sp³-hybridized carbons (Fsp3) is 0.308. The van der Waals surface area contributed by atoms with Crippen LogP contribution in [0.2, 0.25) is 0 Å². The average Bonchev–Trinajstić information content (AvgIpc) is 2.16. The van der Waals surface area contributed by atoms with Crippen LogP contribution >= 0.6 is 31.9 Å². The van der Waals surface area contributed by atoms with Gasteiger partial charge in [-0.25, -0.2) is 0 Å². The van der Waals surface area contributed by atoms with E-state index in [-0.39, 0.29) is 5.41 Å². The Bertz CT molecular complexity index is 541. The number of benzene rings is 1. The van der Waals surface area contributed by atoms with Crippen molar-refractivity contribution < 1.29 is 0 Å². The molecular formula is C13H13Br2N. The van der Waals surface area contributed by atoms with Crippen molar-refractivity contribution in [3.63, 3.8) is 0 Å². The van der Waals surface area contributed by atoms with Gasteiger partial charge in [-0.3, -0.25) is 4.98 Å². The first-order chi connectivity index (χ1) is 7.39. The van der Waals surface area contributed by atoms with Crippen molar-refractivity contribution in [2.45, 2.75) is 26.2 Å². The van der Waals surface area contributed by atoms with E-state index in [9.17, 15) is 0 Å². The third-order valence-electron chi connectivity index (χ3n) is 2.53. The molecule has 0 bridgehead atoms. The molecule has 0 aliphatic heterocycles. The van der Waals surface area contributed by atoms with Gasteiger partial charge in [0.05, 0.1) is 5.52 Å². The van der Waals surface area contributed by atoms with Crippen molar-refractivity contribution in [3.05, 3.63) is 38.9 Å². The van der Waals surface area contributed by atoms with Crippen LogP contribution in [0.4, 0.5) is 0 Å². The highest BCUT2D eigenvalue weighted by Gasteiger charge is 2.20. The van der Waals surface area contributed by atoms with Gasteiger partial charge in [0.1, 0.15) is 0 Å². The number of pyridine rings is 1. The van der Waals surface area contributed by atoms with E-state index in [1.807, 2.05) is 6.20 Å². The fourth-order valence-electron chi connectivity index (χ4n) is 1.90. The Morgan fingerprint density at radius 1 is 1.12 bits per heavy atom. The molecule has 1 aromatic heterocycles. The number of hydrogen-bond acceptors (Lipinski definition) is 1. The number of rotatable bonds is 0. The minimum absolute atomic E-state index is 0.105. The zero-order valence-corrected chi connectivity index (χ0v) is 12.7. The summed E-state index contributed by atoms with van der Waals surface area (Å²) in [4.78, 5) is 4.44. The third-order valence-corrected chi connectivity index (χ3v) is 3.63. The lowest BCUT2D eigenvalue weighted by atomic mass is 9.85. The van der Waals surface area contributed by atoms with Crippen LogP contribution < -0.4 is 0 Å². The molecule has 16 heavy (non-hydrogen) atoms. The first-order valence-corrected chi connectivity index (χ1v) is 6.72. The van der Waals surface area contributed by atoms with Gasteiger partial charge in [0, 0.05) is 20.5 Å². The molecule has 0 aliphatic rings. The van der Waals surface area contributed by atoms with Gasteiger partial charge < -0.3 is 0 Å². The summed E-state index contributed by atoms with van der Waals surface area (Å²) in [7, 11) is 0. The van der Waals surface area contributed by atoms with Crippen LogP contribution in [-0.4, -0.2) is 4.98 Å². The van der Waals surface area contributed by atoms with Crippen molar-refractivity contribution in [3.8, 4) is 0 Å². The van der Waals surface area contributed by atoms with Gasteiger partial charge >= 0.3 is 0 Å². The molecule has 2 rings (SSSR count). The molecule has 0 spiro atoms. The average molecular weight is 343 g/mol. The van der Waals surface area contributed by atoms with Crippen LogP contribution in [0.15, 0.2) is 33.3 Å². The van der Waals surface area contributed by atoms with Crippen molar-refractivity contribution in [1.82, 2.24) is 4.98 Å². The summed E-state index contributed by atoms with van der Waals surface area (Å²) < 4.78 is 2.14. The smallest absolute Gasteiger partial charge is 0.0717 e. The first-order valence-electron chi connectivity index (χ1n) is 5.14. The molecule has 3 heteroatoms. The van der Waals surface area contributed by atoms with E-state index in [1.165, 1.54) is 10.9 Å². The Balaban J connectivity index is 2.85. The molecule has 1 heterocycles. The topological polar surface area (TPSA) is 12.9 Å². The molecule has 2 aromatic rings. The predicted octanol–water partition coefficient (Wildman–Crippen LogP) is 5.06. The van der Waals surface area contributed by atoms with E-state index in [0.717, 1.165) is 14.5 Å². The third kappa shape index (κ3) is 2.16. The fourth-order valence-corrected chi connectivity index (χ4v) is 3.16. The lowest BCUT2D eigenvalue weighted by molar-refractivity contribution is 0.592. The molecule has 1 aromatic carbocycles. The molecule has 0 atom stereocenters. The van der Waals surface area contributed by atoms with Crippen LogP contribution in [0.3, 0.4) is 0 Å². The molecule has 0 amide bonds. The van der Waals surface area contributed by atoms with Gasteiger partial charge in [-0.2, -0.15) is 0 Å². The van der Waals surface area contributed by atoms with E-state index in [4.69, 9.17) is 0 Å². The Morgan fingerprint density at radius 3 is 2.44 bits per heavy atom. The van der Waals surface area contributed by atoms with Crippen LogP contribution in [-0.2, 0) is 5.41 Å². The minimum Gasteiger partial charge on any atom is -0.255 e. The Morgan fingerprint density at radius 2 is 1.81 bits per heavy atom. The molecule has 0 unspecified atom stereocenters. The standard InChI is InChI=1S/C13H13Br2N/c1-13(2,3)12-9-5-4-8(14)6-11(9)16-7-10(12)15/h4-7H,1-3H3. The SMILES string of the molecule is CC(C)(C)c1c(Br)cnc2cc(Br)ccc12. The highest BCUT2D eigenvalue weighted by molar-refractivity contribution is 9.10. The second-order valence-corrected chi connectivity index (χ2v) is 6.66. The molecule has 0 aliphatic carbocycles. The summed E-state index contributed by atoms with van der Waals surface area (Å²) in [5.41, 5.74) is 2.45. The van der Waals surface area contributed by atoms with E-state index in [1.54, 1.807) is 0 Å². The molecule has 0 fully saturated rings. The second kappa shape index (κ2) is 4.11.